The standard InChI is InChI=1S/C9H15.3CHO.Ru/c1-4-5-6-7-8-9(2)3;3*1-2;/h4,7-8H2,1-3H3;3*1H;/q4*-1;+4. The van der Waals surface area contributed by atoms with Gasteiger partial charge in [0.2, 0.25) is 0 Å². The fraction of sp³-hybridized carbons (Fsp3) is 0.500. The zero-order valence-electron chi connectivity index (χ0n) is 9.93. The van der Waals surface area contributed by atoms with E-state index in [1.807, 2.05) is 0 Å². The number of hydrogen-bond donors (Lipinski definition) is 0. The van der Waals surface area contributed by atoms with E-state index in [0.717, 1.165) is 19.3 Å². The van der Waals surface area contributed by atoms with Gasteiger partial charge in [0.05, 0.1) is 0 Å². The predicted octanol–water partition coefficient (Wildman–Crippen LogP) is 1.97. The molecule has 92 valence electrons. The van der Waals surface area contributed by atoms with Gasteiger partial charge in [-0.15, -0.1) is 11.8 Å². The van der Waals surface area contributed by atoms with Gasteiger partial charge in [0.25, 0.3) is 0 Å². The van der Waals surface area contributed by atoms with Crippen molar-refractivity contribution in [2.24, 2.45) is 0 Å². The van der Waals surface area contributed by atoms with E-state index in [1.54, 1.807) is 0 Å². The molecule has 0 fully saturated rings. The van der Waals surface area contributed by atoms with Crippen LogP contribution in [0.25, 0.3) is 0 Å². The smallest absolute Gasteiger partial charge is 0.545 e. The largest absolute Gasteiger partial charge is 4.00 e. The van der Waals surface area contributed by atoms with Crippen LogP contribution in [0.4, 0.5) is 0 Å². The van der Waals surface area contributed by atoms with E-state index in [9.17, 15) is 0 Å². The molecule has 0 amide bonds. The molecule has 0 rings (SSSR count). The molecule has 0 heterocycles. The fourth-order valence-electron chi connectivity index (χ4n) is 0.526. The van der Waals surface area contributed by atoms with Crippen molar-refractivity contribution in [2.75, 3.05) is 0 Å². The van der Waals surface area contributed by atoms with Gasteiger partial charge >= 0.3 is 19.5 Å². The minimum atomic E-state index is 0. The Morgan fingerprint density at radius 3 is 1.56 bits per heavy atom. The van der Waals surface area contributed by atoms with Gasteiger partial charge in [-0.25, -0.2) is 0 Å². The van der Waals surface area contributed by atoms with Crippen LogP contribution in [0.15, 0.2) is 0 Å². The van der Waals surface area contributed by atoms with Gasteiger partial charge in [-0.3, -0.25) is 20.4 Å². The van der Waals surface area contributed by atoms with Crippen LogP contribution in [0, 0.1) is 17.8 Å². The summed E-state index contributed by atoms with van der Waals surface area (Å²) in [6.07, 6.45) is 3.19. The zero-order valence-corrected chi connectivity index (χ0v) is 11.7. The molecular weight excluding hydrogens is 293 g/mol. The van der Waals surface area contributed by atoms with E-state index in [1.165, 1.54) is 5.92 Å². The molecule has 0 atom stereocenters. The maximum Gasteiger partial charge on any atom is 4.00 e. The molecule has 0 unspecified atom stereocenters. The summed E-state index contributed by atoms with van der Waals surface area (Å²) in [5, 5.41) is 0. The van der Waals surface area contributed by atoms with Crippen LogP contribution in [0.3, 0.4) is 0 Å². The van der Waals surface area contributed by atoms with Crippen molar-refractivity contribution in [2.45, 2.75) is 40.0 Å². The second-order valence-electron chi connectivity index (χ2n) is 2.41. The molecule has 0 aliphatic rings. The van der Waals surface area contributed by atoms with E-state index in [0.29, 0.717) is 0 Å². The Morgan fingerprint density at radius 1 is 0.938 bits per heavy atom. The first-order valence-electron chi connectivity index (χ1n) is 4.22. The Labute approximate surface area is 112 Å². The molecule has 4 heteroatoms. The Morgan fingerprint density at radius 2 is 1.31 bits per heavy atom. The molecule has 0 spiro atoms. The summed E-state index contributed by atoms with van der Waals surface area (Å²) in [5.74, 6) is 7.61. The zero-order chi connectivity index (χ0) is 13.1. The molecule has 0 saturated carbocycles. The van der Waals surface area contributed by atoms with Crippen LogP contribution in [-0.4, -0.2) is 20.4 Å². The minimum absolute atomic E-state index is 0. The summed E-state index contributed by atoms with van der Waals surface area (Å²) in [5.41, 5.74) is 0. The van der Waals surface area contributed by atoms with Gasteiger partial charge in [-0.2, -0.15) is 20.3 Å². The van der Waals surface area contributed by atoms with Crippen LogP contribution in [-0.2, 0) is 33.9 Å². The van der Waals surface area contributed by atoms with E-state index < -0.39 is 0 Å². The number of carbonyl (C=O) groups excluding carboxylic acids is 3. The molecule has 0 aliphatic carbocycles. The van der Waals surface area contributed by atoms with Gasteiger partial charge in [0.15, 0.2) is 0 Å². The first-order valence-corrected chi connectivity index (χ1v) is 4.22. The molecule has 3 nitrogen and oxygen atoms in total. The van der Waals surface area contributed by atoms with Crippen molar-refractivity contribution in [1.29, 1.82) is 0 Å². The Bertz CT molecular complexity index is 145. The molecule has 0 aromatic heterocycles. The van der Waals surface area contributed by atoms with Crippen molar-refractivity contribution in [3.05, 3.63) is 5.92 Å². The second-order valence-corrected chi connectivity index (χ2v) is 2.41. The van der Waals surface area contributed by atoms with Gasteiger partial charge in [0, 0.05) is 6.42 Å². The van der Waals surface area contributed by atoms with Crippen LogP contribution >= 0.6 is 0 Å². The fourth-order valence-corrected chi connectivity index (χ4v) is 0.526. The van der Waals surface area contributed by atoms with Gasteiger partial charge in [0.1, 0.15) is 0 Å². The van der Waals surface area contributed by atoms with E-state index >= 15 is 0 Å². The third-order valence-corrected chi connectivity index (χ3v) is 1.05. The third kappa shape index (κ3) is 72.7. The molecular formula is C12H18O3Ru. The predicted molar refractivity (Wildman–Crippen MR) is 62.1 cm³/mol. The average molecular weight is 311 g/mol. The van der Waals surface area contributed by atoms with Gasteiger partial charge < -0.3 is 20.3 Å². The summed E-state index contributed by atoms with van der Waals surface area (Å²) in [7, 11) is 0. The molecule has 16 heavy (non-hydrogen) atoms. The van der Waals surface area contributed by atoms with Crippen molar-refractivity contribution in [3.63, 3.8) is 0 Å². The maximum atomic E-state index is 7.75. The second kappa shape index (κ2) is 47.7. The van der Waals surface area contributed by atoms with E-state index in [2.05, 4.69) is 53.0 Å². The number of hydrogen-bond acceptors (Lipinski definition) is 3. The summed E-state index contributed by atoms with van der Waals surface area (Å²) in [4.78, 5) is 23.2. The first kappa shape index (κ1) is 29.5. The molecule has 0 aliphatic heterocycles. The summed E-state index contributed by atoms with van der Waals surface area (Å²) < 4.78 is 0. The Kier molecular flexibility index (Phi) is 87.9. The van der Waals surface area contributed by atoms with Crippen LogP contribution in [0.5, 0.6) is 0 Å². The molecule has 0 bridgehead atoms. The maximum absolute atomic E-state index is 7.75. The summed E-state index contributed by atoms with van der Waals surface area (Å²) >= 11 is 0. The third-order valence-electron chi connectivity index (χ3n) is 1.05. The monoisotopic (exact) mass is 312 g/mol. The number of rotatable bonds is 2. The average Bonchev–Trinajstić information content (AvgIpc) is 2.32. The van der Waals surface area contributed by atoms with Gasteiger partial charge in [-0.05, 0) is 6.42 Å². The quantitative estimate of drug-likeness (QED) is 0.339. The Balaban J connectivity index is -0.0000000498. The van der Waals surface area contributed by atoms with Crippen molar-refractivity contribution in [3.8, 4) is 11.8 Å². The van der Waals surface area contributed by atoms with Crippen LogP contribution < -0.4 is 0 Å². The first-order chi connectivity index (χ1) is 7.27. The molecule has 0 aromatic rings. The summed E-state index contributed by atoms with van der Waals surface area (Å²) in [6.45, 7) is 16.1. The minimum Gasteiger partial charge on any atom is -0.545 e. The SMILES string of the molecule is CCC#CCC[C-](C)C.[CH-]=O.[CH-]=O.[CH-]=O.[Ru+4]. The van der Waals surface area contributed by atoms with E-state index in [4.69, 9.17) is 14.4 Å². The van der Waals surface area contributed by atoms with Crippen molar-refractivity contribution < 1.29 is 33.9 Å². The van der Waals surface area contributed by atoms with Crippen molar-refractivity contribution in [1.82, 2.24) is 0 Å². The topological polar surface area (TPSA) is 51.2 Å². The molecule has 0 radical (unpaired) electrons. The molecule has 0 aromatic carbocycles. The van der Waals surface area contributed by atoms with Gasteiger partial charge in [-0.1, -0.05) is 6.92 Å². The van der Waals surface area contributed by atoms with Crippen LogP contribution in [0.2, 0.25) is 0 Å². The normalized spacial score (nSPS) is 5.75. The van der Waals surface area contributed by atoms with Crippen molar-refractivity contribution >= 4 is 20.4 Å². The van der Waals surface area contributed by atoms with Crippen LogP contribution in [0.1, 0.15) is 40.0 Å². The van der Waals surface area contributed by atoms with E-state index in [-0.39, 0.29) is 19.5 Å². The molecule has 0 N–H and O–H groups in total. The Hall–Kier alpha value is -0.807. The molecule has 0 saturated heterocycles. The summed E-state index contributed by atoms with van der Waals surface area (Å²) in [6, 6.07) is 0.